The molecule has 0 spiro atoms. The van der Waals surface area contributed by atoms with E-state index in [1.165, 1.54) is 18.2 Å². The number of benzene rings is 2. The van der Waals surface area contributed by atoms with Crippen LogP contribution in [0.5, 0.6) is 5.75 Å². The SMILES string of the molecule is CC(c1ccccc1)C(O)CNC(=O)c1cc2c(OC(F)(F)F)cccc2[nH]1. The van der Waals surface area contributed by atoms with Crippen molar-refractivity contribution in [2.24, 2.45) is 0 Å². The van der Waals surface area contributed by atoms with E-state index in [4.69, 9.17) is 0 Å². The molecule has 148 valence electrons. The maximum atomic E-state index is 12.5. The predicted octanol–water partition coefficient (Wildman–Crippen LogP) is 3.96. The van der Waals surface area contributed by atoms with Crippen LogP contribution in [0.4, 0.5) is 13.2 Å². The number of nitrogens with one attached hydrogen (secondary N) is 2. The van der Waals surface area contributed by atoms with Crippen LogP contribution in [-0.4, -0.2) is 35.0 Å². The van der Waals surface area contributed by atoms with Crippen molar-refractivity contribution in [1.29, 1.82) is 0 Å². The highest BCUT2D eigenvalue weighted by Gasteiger charge is 2.32. The fourth-order valence-corrected chi connectivity index (χ4v) is 2.91. The highest BCUT2D eigenvalue weighted by Crippen LogP contribution is 2.31. The van der Waals surface area contributed by atoms with E-state index in [1.54, 1.807) is 6.07 Å². The minimum atomic E-state index is -4.83. The van der Waals surface area contributed by atoms with Gasteiger partial charge in [0.2, 0.25) is 0 Å². The predicted molar refractivity (Wildman–Crippen MR) is 98.2 cm³/mol. The van der Waals surface area contributed by atoms with Crippen molar-refractivity contribution in [3.8, 4) is 5.75 Å². The van der Waals surface area contributed by atoms with Gasteiger partial charge in [-0.25, -0.2) is 0 Å². The molecule has 0 saturated carbocycles. The zero-order valence-corrected chi connectivity index (χ0v) is 15.0. The van der Waals surface area contributed by atoms with Gasteiger partial charge in [0.05, 0.1) is 6.10 Å². The van der Waals surface area contributed by atoms with Crippen LogP contribution in [0.15, 0.2) is 54.6 Å². The lowest BCUT2D eigenvalue weighted by atomic mass is 9.95. The highest BCUT2D eigenvalue weighted by molar-refractivity contribution is 5.99. The number of rotatable bonds is 6. The molecule has 3 aromatic rings. The van der Waals surface area contributed by atoms with Crippen molar-refractivity contribution in [1.82, 2.24) is 10.3 Å². The third kappa shape index (κ3) is 4.64. The molecule has 0 aliphatic heterocycles. The van der Waals surface area contributed by atoms with E-state index in [-0.39, 0.29) is 23.5 Å². The lowest BCUT2D eigenvalue weighted by molar-refractivity contribution is -0.274. The molecule has 0 saturated heterocycles. The van der Waals surface area contributed by atoms with Crippen LogP contribution in [0.25, 0.3) is 10.9 Å². The van der Waals surface area contributed by atoms with Gasteiger partial charge in [-0.15, -0.1) is 13.2 Å². The van der Waals surface area contributed by atoms with Gasteiger partial charge >= 0.3 is 6.36 Å². The van der Waals surface area contributed by atoms with Crippen LogP contribution in [0.2, 0.25) is 0 Å². The standard InChI is InChI=1S/C20H19F3N2O3/c1-12(13-6-3-2-4-7-13)17(26)11-24-19(27)16-10-14-15(25-16)8-5-9-18(14)28-20(21,22)23/h2-10,12,17,25-26H,11H2,1H3,(H,24,27). The topological polar surface area (TPSA) is 74.3 Å². The van der Waals surface area contributed by atoms with Gasteiger partial charge in [0.1, 0.15) is 11.4 Å². The summed E-state index contributed by atoms with van der Waals surface area (Å²) in [5, 5.41) is 13.0. The Morgan fingerprint density at radius 2 is 1.89 bits per heavy atom. The first kappa shape index (κ1) is 19.8. The summed E-state index contributed by atoms with van der Waals surface area (Å²) in [4.78, 5) is 15.1. The Bertz CT molecular complexity index is 954. The number of fused-ring (bicyclic) bond motifs is 1. The number of aliphatic hydroxyl groups excluding tert-OH is 1. The second-order valence-corrected chi connectivity index (χ2v) is 6.42. The van der Waals surface area contributed by atoms with Crippen LogP contribution in [0.1, 0.15) is 28.9 Å². The Labute approximate surface area is 159 Å². The average Bonchev–Trinajstić information content (AvgIpc) is 3.10. The average molecular weight is 392 g/mol. The van der Waals surface area contributed by atoms with Crippen molar-refractivity contribution in [3.05, 3.63) is 65.9 Å². The fourth-order valence-electron chi connectivity index (χ4n) is 2.91. The van der Waals surface area contributed by atoms with Crippen molar-refractivity contribution in [2.45, 2.75) is 25.3 Å². The fraction of sp³-hybridized carbons (Fsp3) is 0.250. The Balaban J connectivity index is 1.69. The molecule has 2 aromatic carbocycles. The van der Waals surface area contributed by atoms with Crippen LogP contribution in [0, 0.1) is 0 Å². The van der Waals surface area contributed by atoms with Gasteiger partial charge in [-0.2, -0.15) is 0 Å². The maximum Gasteiger partial charge on any atom is 0.573 e. The number of aromatic nitrogens is 1. The summed E-state index contributed by atoms with van der Waals surface area (Å²) in [5.74, 6) is -1.12. The summed E-state index contributed by atoms with van der Waals surface area (Å²) in [7, 11) is 0. The van der Waals surface area contributed by atoms with E-state index in [0.717, 1.165) is 5.56 Å². The largest absolute Gasteiger partial charge is 0.573 e. The van der Waals surface area contributed by atoms with Gasteiger partial charge in [-0.3, -0.25) is 4.79 Å². The zero-order valence-electron chi connectivity index (χ0n) is 15.0. The number of hydrogen-bond acceptors (Lipinski definition) is 3. The number of aromatic amines is 1. The second kappa shape index (κ2) is 7.93. The summed E-state index contributed by atoms with van der Waals surface area (Å²) in [6, 6.07) is 14.8. The van der Waals surface area contributed by atoms with E-state index in [2.05, 4.69) is 15.0 Å². The lowest BCUT2D eigenvalue weighted by Crippen LogP contribution is -2.34. The van der Waals surface area contributed by atoms with Gasteiger partial charge < -0.3 is 20.1 Å². The van der Waals surface area contributed by atoms with Crippen LogP contribution >= 0.6 is 0 Å². The molecule has 8 heteroatoms. The normalized spacial score (nSPS) is 13.9. The molecule has 5 nitrogen and oxygen atoms in total. The summed E-state index contributed by atoms with van der Waals surface area (Å²) in [6.45, 7) is 1.84. The third-order valence-corrected chi connectivity index (χ3v) is 4.47. The molecular weight excluding hydrogens is 373 g/mol. The van der Waals surface area contributed by atoms with E-state index in [1.807, 2.05) is 37.3 Å². The number of halogens is 3. The summed E-state index contributed by atoms with van der Waals surface area (Å²) in [6.07, 6.45) is -5.65. The molecule has 0 aliphatic carbocycles. The smallest absolute Gasteiger partial charge is 0.405 e. The molecule has 0 fully saturated rings. The Morgan fingerprint density at radius 3 is 2.57 bits per heavy atom. The second-order valence-electron chi connectivity index (χ2n) is 6.42. The van der Waals surface area contributed by atoms with Gasteiger partial charge in [0.15, 0.2) is 0 Å². The first-order valence-corrected chi connectivity index (χ1v) is 8.63. The molecule has 2 unspecified atom stereocenters. The lowest BCUT2D eigenvalue weighted by Gasteiger charge is -2.19. The van der Waals surface area contributed by atoms with Gasteiger partial charge in [0, 0.05) is 23.4 Å². The molecular formula is C20H19F3N2O3. The Morgan fingerprint density at radius 1 is 1.18 bits per heavy atom. The maximum absolute atomic E-state index is 12.5. The number of carbonyl (C=O) groups is 1. The minimum absolute atomic E-state index is 0.00380. The van der Waals surface area contributed by atoms with E-state index in [9.17, 15) is 23.1 Å². The highest BCUT2D eigenvalue weighted by atomic mass is 19.4. The molecule has 0 bridgehead atoms. The number of amides is 1. The molecule has 28 heavy (non-hydrogen) atoms. The minimum Gasteiger partial charge on any atom is -0.405 e. The van der Waals surface area contributed by atoms with Gasteiger partial charge in [-0.1, -0.05) is 43.3 Å². The first-order valence-electron chi connectivity index (χ1n) is 8.63. The number of hydrogen-bond donors (Lipinski definition) is 3. The number of H-pyrrole nitrogens is 1. The van der Waals surface area contributed by atoms with Gasteiger partial charge in [-0.05, 0) is 23.8 Å². The molecule has 3 rings (SSSR count). The van der Waals surface area contributed by atoms with Crippen LogP contribution in [-0.2, 0) is 0 Å². The molecule has 1 aromatic heterocycles. The number of carbonyl (C=O) groups excluding carboxylic acids is 1. The Kier molecular flexibility index (Phi) is 5.60. The summed E-state index contributed by atoms with van der Waals surface area (Å²) >= 11 is 0. The molecule has 1 heterocycles. The van der Waals surface area contributed by atoms with Crippen molar-refractivity contribution < 1.29 is 27.8 Å². The van der Waals surface area contributed by atoms with Gasteiger partial charge in [0.25, 0.3) is 5.91 Å². The van der Waals surface area contributed by atoms with Crippen LogP contribution < -0.4 is 10.1 Å². The van der Waals surface area contributed by atoms with Crippen LogP contribution in [0.3, 0.4) is 0 Å². The first-order chi connectivity index (χ1) is 13.2. The molecule has 0 radical (unpaired) electrons. The van der Waals surface area contributed by atoms with E-state index >= 15 is 0 Å². The van der Waals surface area contributed by atoms with Crippen molar-refractivity contribution >= 4 is 16.8 Å². The van der Waals surface area contributed by atoms with E-state index in [0.29, 0.717) is 5.52 Å². The third-order valence-electron chi connectivity index (χ3n) is 4.47. The molecule has 3 N–H and O–H groups in total. The molecule has 0 aliphatic rings. The zero-order chi connectivity index (χ0) is 20.3. The van der Waals surface area contributed by atoms with Crippen molar-refractivity contribution in [3.63, 3.8) is 0 Å². The quantitative estimate of drug-likeness (QED) is 0.595. The Hall–Kier alpha value is -3.00. The molecule has 1 amide bonds. The summed E-state index contributed by atoms with van der Waals surface area (Å²) < 4.78 is 41.6. The monoisotopic (exact) mass is 392 g/mol. The summed E-state index contributed by atoms with van der Waals surface area (Å²) in [5.41, 5.74) is 1.35. The number of aliphatic hydroxyl groups is 1. The number of ether oxygens (including phenoxy) is 1. The van der Waals surface area contributed by atoms with Crippen molar-refractivity contribution in [2.75, 3.05) is 6.54 Å². The number of alkyl halides is 3. The molecule has 2 atom stereocenters. The van der Waals surface area contributed by atoms with E-state index < -0.39 is 24.1 Å².